The average molecular weight is 513 g/mol. The van der Waals surface area contributed by atoms with E-state index in [1.165, 1.54) is 0 Å². The fourth-order valence-electron chi connectivity index (χ4n) is 6.03. The third-order valence-corrected chi connectivity index (χ3v) is 7.90. The van der Waals surface area contributed by atoms with Crippen molar-refractivity contribution in [1.29, 1.82) is 0 Å². The van der Waals surface area contributed by atoms with Crippen molar-refractivity contribution in [1.82, 2.24) is 9.97 Å². The molecule has 9 rings (SSSR count). The van der Waals surface area contributed by atoms with Gasteiger partial charge in [0, 0.05) is 43.4 Å². The van der Waals surface area contributed by atoms with Gasteiger partial charge in [-0.15, -0.1) is 0 Å². The van der Waals surface area contributed by atoms with Gasteiger partial charge in [-0.05, 0) is 41.8 Å². The Labute approximate surface area is 228 Å². The highest BCUT2D eigenvalue weighted by Gasteiger charge is 2.17. The minimum Gasteiger partial charge on any atom is -0.456 e. The number of hydrogen-bond donors (Lipinski definition) is 0. The molecule has 6 aromatic carbocycles. The monoisotopic (exact) mass is 512 g/mol. The molecular weight excluding hydrogens is 492 g/mol. The SMILES string of the molecule is c1ccc2c(-c3ccc4c(c3)oc3ccccc34)nc(-c3cccc4c3ccc3c5ccccc5oc43)nc2c1. The lowest BCUT2D eigenvalue weighted by molar-refractivity contribution is 0.669. The molecule has 0 N–H and O–H groups in total. The Morgan fingerprint density at radius 2 is 1.05 bits per heavy atom. The summed E-state index contributed by atoms with van der Waals surface area (Å²) in [6.45, 7) is 0. The first-order valence-electron chi connectivity index (χ1n) is 13.3. The van der Waals surface area contributed by atoms with Crippen LogP contribution in [0.25, 0.3) is 88.2 Å². The first-order valence-corrected chi connectivity index (χ1v) is 13.3. The molecule has 3 aromatic heterocycles. The molecule has 0 saturated carbocycles. The Kier molecular flexibility index (Phi) is 4.30. The minimum atomic E-state index is 0.680. The van der Waals surface area contributed by atoms with E-state index in [2.05, 4.69) is 66.7 Å². The van der Waals surface area contributed by atoms with Gasteiger partial charge in [0.05, 0.1) is 11.2 Å². The van der Waals surface area contributed by atoms with Crippen LogP contribution >= 0.6 is 0 Å². The number of benzene rings is 6. The zero-order chi connectivity index (χ0) is 26.2. The molecule has 0 unspecified atom stereocenters. The first-order chi connectivity index (χ1) is 19.8. The summed E-state index contributed by atoms with van der Waals surface area (Å²) < 4.78 is 12.5. The van der Waals surface area contributed by atoms with Crippen molar-refractivity contribution >= 4 is 65.6 Å². The maximum Gasteiger partial charge on any atom is 0.161 e. The minimum absolute atomic E-state index is 0.680. The third-order valence-electron chi connectivity index (χ3n) is 7.90. The van der Waals surface area contributed by atoms with Crippen LogP contribution in [0, 0.1) is 0 Å². The topological polar surface area (TPSA) is 52.1 Å². The molecule has 3 heterocycles. The van der Waals surface area contributed by atoms with Crippen molar-refractivity contribution in [3.8, 4) is 22.6 Å². The van der Waals surface area contributed by atoms with Crippen molar-refractivity contribution in [3.63, 3.8) is 0 Å². The van der Waals surface area contributed by atoms with Gasteiger partial charge in [-0.1, -0.05) is 84.9 Å². The Morgan fingerprint density at radius 1 is 0.425 bits per heavy atom. The number of hydrogen-bond acceptors (Lipinski definition) is 4. The van der Waals surface area contributed by atoms with E-state index in [0.717, 1.165) is 82.4 Å². The molecule has 0 aliphatic rings. The van der Waals surface area contributed by atoms with Gasteiger partial charge in [0.25, 0.3) is 0 Å². The zero-order valence-corrected chi connectivity index (χ0v) is 21.3. The molecule has 0 spiro atoms. The van der Waals surface area contributed by atoms with Crippen LogP contribution in [0.5, 0.6) is 0 Å². The second-order valence-corrected chi connectivity index (χ2v) is 10.2. The van der Waals surface area contributed by atoms with Crippen molar-refractivity contribution < 1.29 is 8.83 Å². The molecule has 4 nitrogen and oxygen atoms in total. The highest BCUT2D eigenvalue weighted by atomic mass is 16.3. The summed E-state index contributed by atoms with van der Waals surface area (Å²) in [5.41, 5.74) is 7.25. The molecule has 4 heteroatoms. The van der Waals surface area contributed by atoms with Crippen LogP contribution in [0.3, 0.4) is 0 Å². The molecule has 0 bridgehead atoms. The molecule has 0 aliphatic heterocycles. The average Bonchev–Trinajstić information content (AvgIpc) is 3.58. The predicted molar refractivity (Wildman–Crippen MR) is 162 cm³/mol. The van der Waals surface area contributed by atoms with E-state index in [9.17, 15) is 0 Å². The number of para-hydroxylation sites is 3. The van der Waals surface area contributed by atoms with E-state index < -0.39 is 0 Å². The maximum atomic E-state index is 6.33. The fourth-order valence-corrected chi connectivity index (χ4v) is 6.03. The zero-order valence-electron chi connectivity index (χ0n) is 21.3. The van der Waals surface area contributed by atoms with E-state index in [0.29, 0.717) is 5.82 Å². The standard InChI is InChI=1S/C36H20N2O2/c1-4-13-30-29(10-1)34(21-16-17-25-23-8-2-5-14-31(23)39-33(25)20-21)38-36(37-30)28-12-7-11-26-22(28)18-19-27-24-9-3-6-15-32(24)40-35(26)27/h1-20H. The summed E-state index contributed by atoms with van der Waals surface area (Å²) >= 11 is 0. The third kappa shape index (κ3) is 3.01. The van der Waals surface area contributed by atoms with Crippen LogP contribution in [0.2, 0.25) is 0 Å². The summed E-state index contributed by atoms with van der Waals surface area (Å²) in [5, 5.41) is 7.55. The number of fused-ring (bicyclic) bond motifs is 9. The second-order valence-electron chi connectivity index (χ2n) is 10.2. The lowest BCUT2D eigenvalue weighted by Crippen LogP contribution is -1.96. The summed E-state index contributed by atoms with van der Waals surface area (Å²) in [5.74, 6) is 0.680. The summed E-state index contributed by atoms with van der Waals surface area (Å²) in [6.07, 6.45) is 0. The number of rotatable bonds is 2. The van der Waals surface area contributed by atoms with E-state index in [-0.39, 0.29) is 0 Å². The highest BCUT2D eigenvalue weighted by molar-refractivity contribution is 6.17. The van der Waals surface area contributed by atoms with Crippen molar-refractivity contribution in [2.24, 2.45) is 0 Å². The Morgan fingerprint density at radius 3 is 1.93 bits per heavy atom. The summed E-state index contributed by atoms with van der Waals surface area (Å²) in [6, 6.07) is 41.4. The molecule has 0 aliphatic carbocycles. The smallest absolute Gasteiger partial charge is 0.161 e. The Bertz CT molecular complexity index is 2450. The van der Waals surface area contributed by atoms with E-state index in [4.69, 9.17) is 18.8 Å². The molecule has 186 valence electrons. The highest BCUT2D eigenvalue weighted by Crippen LogP contribution is 2.39. The number of furan rings is 2. The fraction of sp³-hybridized carbons (Fsp3) is 0. The largest absolute Gasteiger partial charge is 0.456 e. The van der Waals surface area contributed by atoms with Gasteiger partial charge in [-0.25, -0.2) is 9.97 Å². The van der Waals surface area contributed by atoms with Crippen LogP contribution in [0.4, 0.5) is 0 Å². The molecule has 0 amide bonds. The summed E-state index contributed by atoms with van der Waals surface area (Å²) in [7, 11) is 0. The lowest BCUT2D eigenvalue weighted by Gasteiger charge is -2.11. The number of nitrogens with zero attached hydrogens (tertiary/aromatic N) is 2. The normalized spacial score (nSPS) is 12.0. The van der Waals surface area contributed by atoms with Crippen LogP contribution in [0.15, 0.2) is 130 Å². The molecule has 0 fully saturated rings. The summed E-state index contributed by atoms with van der Waals surface area (Å²) in [4.78, 5) is 10.2. The van der Waals surface area contributed by atoms with Crippen molar-refractivity contribution in [3.05, 3.63) is 121 Å². The van der Waals surface area contributed by atoms with Gasteiger partial charge in [-0.2, -0.15) is 0 Å². The lowest BCUT2D eigenvalue weighted by atomic mass is 10.00. The van der Waals surface area contributed by atoms with Crippen LogP contribution < -0.4 is 0 Å². The molecule has 40 heavy (non-hydrogen) atoms. The first kappa shape index (κ1) is 21.5. The molecular formula is C36H20N2O2. The van der Waals surface area contributed by atoms with Gasteiger partial charge in [0.15, 0.2) is 5.82 Å². The van der Waals surface area contributed by atoms with Gasteiger partial charge >= 0.3 is 0 Å². The van der Waals surface area contributed by atoms with Crippen LogP contribution in [0.1, 0.15) is 0 Å². The predicted octanol–water partition coefficient (Wildman–Crippen LogP) is 9.92. The molecule has 0 radical (unpaired) electrons. The van der Waals surface area contributed by atoms with E-state index in [1.807, 2.05) is 54.6 Å². The van der Waals surface area contributed by atoms with E-state index >= 15 is 0 Å². The number of aromatic nitrogens is 2. The van der Waals surface area contributed by atoms with Gasteiger partial charge in [-0.3, -0.25) is 0 Å². The Balaban J connectivity index is 1.30. The molecule has 9 aromatic rings. The molecule has 0 saturated heterocycles. The maximum absolute atomic E-state index is 6.33. The van der Waals surface area contributed by atoms with E-state index in [1.54, 1.807) is 0 Å². The second kappa shape index (κ2) is 8.01. The van der Waals surface area contributed by atoms with Gasteiger partial charge < -0.3 is 8.83 Å². The van der Waals surface area contributed by atoms with Crippen LogP contribution in [-0.4, -0.2) is 9.97 Å². The van der Waals surface area contributed by atoms with Crippen molar-refractivity contribution in [2.45, 2.75) is 0 Å². The molecule has 0 atom stereocenters. The Hall–Kier alpha value is -5.48. The van der Waals surface area contributed by atoms with Crippen LogP contribution in [-0.2, 0) is 0 Å². The van der Waals surface area contributed by atoms with Gasteiger partial charge in [0.1, 0.15) is 22.3 Å². The quantitative estimate of drug-likeness (QED) is 0.231. The van der Waals surface area contributed by atoms with Crippen molar-refractivity contribution in [2.75, 3.05) is 0 Å². The van der Waals surface area contributed by atoms with Gasteiger partial charge in [0.2, 0.25) is 0 Å².